The first-order valence-electron chi connectivity index (χ1n) is 7.40. The SMILES string of the molecule is Fc1cccc(CC(CNC2CC2)Cc2sccc2Br)c1. The van der Waals surface area contributed by atoms with Crippen LogP contribution >= 0.6 is 27.3 Å². The number of thiophene rings is 1. The van der Waals surface area contributed by atoms with Crippen molar-refractivity contribution in [3.63, 3.8) is 0 Å². The molecule has 1 N–H and O–H groups in total. The summed E-state index contributed by atoms with van der Waals surface area (Å²) in [6.07, 6.45) is 4.56. The van der Waals surface area contributed by atoms with Crippen molar-refractivity contribution >= 4 is 27.3 Å². The van der Waals surface area contributed by atoms with Crippen LogP contribution in [0.5, 0.6) is 0 Å². The van der Waals surface area contributed by atoms with Gasteiger partial charge in [0.1, 0.15) is 5.82 Å². The molecule has 21 heavy (non-hydrogen) atoms. The van der Waals surface area contributed by atoms with Gasteiger partial charge in [0.2, 0.25) is 0 Å². The molecule has 0 amide bonds. The average molecular weight is 368 g/mol. The first kappa shape index (κ1) is 15.2. The molecule has 1 aliphatic rings. The van der Waals surface area contributed by atoms with Crippen molar-refractivity contribution in [2.45, 2.75) is 31.7 Å². The van der Waals surface area contributed by atoms with Crippen LogP contribution in [0.25, 0.3) is 0 Å². The fourth-order valence-electron chi connectivity index (χ4n) is 2.57. The van der Waals surface area contributed by atoms with Crippen molar-refractivity contribution in [2.75, 3.05) is 6.54 Å². The number of rotatable bonds is 7. The third-order valence-electron chi connectivity index (χ3n) is 3.85. The summed E-state index contributed by atoms with van der Waals surface area (Å²) in [5.41, 5.74) is 1.09. The Morgan fingerprint density at radius 2 is 2.14 bits per heavy atom. The van der Waals surface area contributed by atoms with Crippen molar-refractivity contribution in [3.8, 4) is 0 Å². The zero-order chi connectivity index (χ0) is 14.7. The molecule has 1 unspecified atom stereocenters. The summed E-state index contributed by atoms with van der Waals surface area (Å²) >= 11 is 5.41. The maximum absolute atomic E-state index is 13.4. The van der Waals surface area contributed by atoms with Crippen molar-refractivity contribution in [3.05, 3.63) is 56.4 Å². The lowest BCUT2D eigenvalue weighted by Gasteiger charge is -2.17. The van der Waals surface area contributed by atoms with Gasteiger partial charge in [-0.3, -0.25) is 0 Å². The van der Waals surface area contributed by atoms with Crippen LogP contribution in [0.3, 0.4) is 0 Å². The summed E-state index contributed by atoms with van der Waals surface area (Å²) in [5, 5.41) is 5.74. The fourth-order valence-corrected chi connectivity index (χ4v) is 4.20. The summed E-state index contributed by atoms with van der Waals surface area (Å²) in [4.78, 5) is 1.38. The van der Waals surface area contributed by atoms with E-state index in [9.17, 15) is 4.39 Å². The molecule has 4 heteroatoms. The number of nitrogens with one attached hydrogen (secondary N) is 1. The molecule has 0 bridgehead atoms. The van der Waals surface area contributed by atoms with E-state index < -0.39 is 0 Å². The maximum Gasteiger partial charge on any atom is 0.123 e. The molecule has 1 heterocycles. The quantitative estimate of drug-likeness (QED) is 0.740. The molecule has 1 saturated carbocycles. The highest BCUT2D eigenvalue weighted by molar-refractivity contribution is 9.10. The van der Waals surface area contributed by atoms with Crippen LogP contribution in [0.4, 0.5) is 4.39 Å². The average Bonchev–Trinajstić information content (AvgIpc) is 3.20. The van der Waals surface area contributed by atoms with Crippen molar-refractivity contribution in [1.29, 1.82) is 0 Å². The molecule has 3 rings (SSSR count). The normalized spacial score (nSPS) is 16.1. The molecular weight excluding hydrogens is 349 g/mol. The molecule has 112 valence electrons. The second-order valence-electron chi connectivity index (χ2n) is 5.78. The van der Waals surface area contributed by atoms with E-state index in [0.717, 1.165) is 24.9 Å². The molecule has 0 aliphatic heterocycles. The van der Waals surface area contributed by atoms with Crippen LogP contribution < -0.4 is 5.32 Å². The standard InChI is InChI=1S/C17H19BrFNS/c18-16-6-7-21-17(16)10-13(11-20-15-4-5-15)8-12-2-1-3-14(19)9-12/h1-3,6-7,9,13,15,20H,4-5,8,10-11H2. The minimum absolute atomic E-state index is 0.140. The van der Waals surface area contributed by atoms with Crippen molar-refractivity contribution in [1.82, 2.24) is 5.32 Å². The van der Waals surface area contributed by atoms with E-state index in [4.69, 9.17) is 0 Å². The molecule has 0 radical (unpaired) electrons. The molecule has 2 aromatic rings. The van der Waals surface area contributed by atoms with Crippen LogP contribution in [-0.2, 0) is 12.8 Å². The Labute approximate surface area is 137 Å². The van der Waals surface area contributed by atoms with Gasteiger partial charge in [-0.2, -0.15) is 0 Å². The molecule has 1 aromatic heterocycles. The van der Waals surface area contributed by atoms with E-state index in [-0.39, 0.29) is 5.82 Å². The summed E-state index contributed by atoms with van der Waals surface area (Å²) in [6, 6.07) is 9.82. The highest BCUT2D eigenvalue weighted by atomic mass is 79.9. The minimum Gasteiger partial charge on any atom is -0.314 e. The Balaban J connectivity index is 1.67. The fraction of sp³-hybridized carbons (Fsp3) is 0.412. The number of benzene rings is 1. The van der Waals surface area contributed by atoms with Gasteiger partial charge in [-0.1, -0.05) is 12.1 Å². The summed E-state index contributed by atoms with van der Waals surface area (Å²) in [5.74, 6) is 0.362. The monoisotopic (exact) mass is 367 g/mol. The Kier molecular flexibility index (Phi) is 5.09. The first-order chi connectivity index (χ1) is 10.2. The largest absolute Gasteiger partial charge is 0.314 e. The van der Waals surface area contributed by atoms with Gasteiger partial charge in [0.15, 0.2) is 0 Å². The van der Waals surface area contributed by atoms with E-state index in [1.165, 1.54) is 28.3 Å². The highest BCUT2D eigenvalue weighted by Gasteiger charge is 2.22. The lowest BCUT2D eigenvalue weighted by atomic mass is 9.95. The molecule has 0 spiro atoms. The molecule has 1 fully saturated rings. The predicted molar refractivity (Wildman–Crippen MR) is 90.3 cm³/mol. The number of hydrogen-bond acceptors (Lipinski definition) is 2. The lowest BCUT2D eigenvalue weighted by Crippen LogP contribution is -2.27. The minimum atomic E-state index is -0.140. The van der Waals surface area contributed by atoms with E-state index in [0.29, 0.717) is 12.0 Å². The summed E-state index contributed by atoms with van der Waals surface area (Å²) in [7, 11) is 0. The van der Waals surface area contributed by atoms with Gasteiger partial charge in [-0.25, -0.2) is 4.39 Å². The van der Waals surface area contributed by atoms with Gasteiger partial charge in [-0.05, 0) is 83.2 Å². The highest BCUT2D eigenvalue weighted by Crippen LogP contribution is 2.27. The Morgan fingerprint density at radius 3 is 2.81 bits per heavy atom. The first-order valence-corrected chi connectivity index (χ1v) is 9.07. The van der Waals surface area contributed by atoms with Gasteiger partial charge in [0.05, 0.1) is 0 Å². The lowest BCUT2D eigenvalue weighted by molar-refractivity contribution is 0.470. The smallest absolute Gasteiger partial charge is 0.123 e. The van der Waals surface area contributed by atoms with E-state index in [1.54, 1.807) is 23.5 Å². The Bertz CT molecular complexity index is 594. The van der Waals surface area contributed by atoms with Crippen molar-refractivity contribution in [2.24, 2.45) is 5.92 Å². The summed E-state index contributed by atoms with van der Waals surface area (Å²) in [6.45, 7) is 1.01. The molecule has 1 nitrogen and oxygen atoms in total. The van der Waals surface area contributed by atoms with Crippen LogP contribution in [0.15, 0.2) is 40.2 Å². The van der Waals surface area contributed by atoms with Gasteiger partial charge >= 0.3 is 0 Å². The van der Waals surface area contributed by atoms with E-state index >= 15 is 0 Å². The second kappa shape index (κ2) is 7.03. The second-order valence-corrected chi connectivity index (χ2v) is 7.63. The van der Waals surface area contributed by atoms with Gasteiger partial charge < -0.3 is 5.32 Å². The number of halogens is 2. The molecule has 1 aliphatic carbocycles. The van der Waals surface area contributed by atoms with Crippen LogP contribution in [-0.4, -0.2) is 12.6 Å². The maximum atomic E-state index is 13.4. The zero-order valence-electron chi connectivity index (χ0n) is 11.8. The Hall–Kier alpha value is -0.710. The third kappa shape index (κ3) is 4.63. The van der Waals surface area contributed by atoms with Gasteiger partial charge in [0.25, 0.3) is 0 Å². The van der Waals surface area contributed by atoms with Gasteiger partial charge in [0, 0.05) is 15.4 Å². The number of hydrogen-bond donors (Lipinski definition) is 1. The van der Waals surface area contributed by atoms with Crippen LogP contribution in [0, 0.1) is 11.7 Å². The molecule has 0 saturated heterocycles. The van der Waals surface area contributed by atoms with Crippen LogP contribution in [0.2, 0.25) is 0 Å². The zero-order valence-corrected chi connectivity index (χ0v) is 14.2. The topological polar surface area (TPSA) is 12.0 Å². The summed E-state index contributed by atoms with van der Waals surface area (Å²) < 4.78 is 14.6. The van der Waals surface area contributed by atoms with Crippen molar-refractivity contribution < 1.29 is 4.39 Å². The molecule has 1 aromatic carbocycles. The Morgan fingerprint density at radius 1 is 1.29 bits per heavy atom. The van der Waals surface area contributed by atoms with E-state index in [2.05, 4.69) is 32.7 Å². The van der Waals surface area contributed by atoms with Gasteiger partial charge in [-0.15, -0.1) is 11.3 Å². The van der Waals surface area contributed by atoms with Crippen LogP contribution in [0.1, 0.15) is 23.3 Å². The predicted octanol–water partition coefficient (Wildman–Crippen LogP) is 4.80. The van der Waals surface area contributed by atoms with E-state index in [1.807, 2.05) is 6.07 Å². The molecular formula is C17H19BrFNS. The third-order valence-corrected chi connectivity index (χ3v) is 5.80. The molecule has 1 atom stereocenters.